The van der Waals surface area contributed by atoms with Crippen LogP contribution in [0.3, 0.4) is 0 Å². The maximum absolute atomic E-state index is 15.7. The van der Waals surface area contributed by atoms with Gasteiger partial charge in [0.2, 0.25) is 5.78 Å². The highest BCUT2D eigenvalue weighted by Gasteiger charge is 2.77. The Bertz CT molecular complexity index is 1010. The number of hydrogen-bond acceptors (Lipinski definition) is 6. The van der Waals surface area contributed by atoms with E-state index < -0.39 is 75.5 Å². The first kappa shape index (κ1) is 25.8. The van der Waals surface area contributed by atoms with E-state index in [1.165, 1.54) is 12.2 Å². The van der Waals surface area contributed by atoms with E-state index >= 15 is 4.39 Å². The van der Waals surface area contributed by atoms with Gasteiger partial charge in [-0.05, 0) is 48.8 Å². The van der Waals surface area contributed by atoms with Crippen LogP contribution in [0.15, 0.2) is 22.8 Å². The van der Waals surface area contributed by atoms with Gasteiger partial charge >= 0.3 is 5.97 Å². The van der Waals surface area contributed by atoms with Gasteiger partial charge in [0.15, 0.2) is 11.4 Å². The minimum absolute atomic E-state index is 0.00995. The van der Waals surface area contributed by atoms with Crippen LogP contribution in [0, 0.1) is 28.6 Å². The van der Waals surface area contributed by atoms with Crippen LogP contribution in [0.5, 0.6) is 0 Å². The first-order valence-corrected chi connectivity index (χ1v) is 12.5. The smallest absolute Gasteiger partial charge is 0.306 e. The third-order valence-electron chi connectivity index (χ3n) is 9.35. The summed E-state index contributed by atoms with van der Waals surface area (Å²) in [6.45, 7) is 6.02. The molecule has 0 spiro atoms. The van der Waals surface area contributed by atoms with Crippen LogP contribution in [0.2, 0.25) is 0 Å². The lowest BCUT2D eigenvalue weighted by atomic mass is 9.45. The number of fused-ring (bicyclic) bond motifs is 5. The normalized spacial score (nSPS) is 47.7. The van der Waals surface area contributed by atoms with E-state index in [4.69, 9.17) is 27.9 Å². The molecule has 34 heavy (non-hydrogen) atoms. The summed E-state index contributed by atoms with van der Waals surface area (Å²) in [5.41, 5.74) is -3.80. The fraction of sp³-hybridized carbons (Fsp3) is 0.720. The molecule has 6 nitrogen and oxygen atoms in total. The minimum Gasteiger partial charge on any atom is -0.450 e. The molecule has 188 valence electrons. The minimum atomic E-state index is -1.67. The highest BCUT2D eigenvalue weighted by molar-refractivity contribution is 6.45. The molecule has 0 aliphatic heterocycles. The molecule has 0 radical (unpaired) electrons. The van der Waals surface area contributed by atoms with E-state index in [-0.39, 0.29) is 29.9 Å². The molecule has 9 heteroatoms. The monoisotopic (exact) mass is 516 g/mol. The number of aliphatic hydroxyl groups is 2. The summed E-state index contributed by atoms with van der Waals surface area (Å²) < 4.78 is 21.5. The number of carbonyl (C=O) groups is 3. The maximum Gasteiger partial charge on any atom is 0.306 e. The summed E-state index contributed by atoms with van der Waals surface area (Å²) in [7, 11) is 0. The Morgan fingerprint density at radius 2 is 1.91 bits per heavy atom. The van der Waals surface area contributed by atoms with Crippen molar-refractivity contribution in [3.63, 3.8) is 0 Å². The molecule has 0 amide bonds. The van der Waals surface area contributed by atoms with Crippen LogP contribution >= 0.6 is 23.2 Å². The number of allylic oxidation sites excluding steroid dienone is 4. The fourth-order valence-electron chi connectivity index (χ4n) is 7.82. The lowest BCUT2D eigenvalue weighted by Crippen LogP contribution is -2.70. The van der Waals surface area contributed by atoms with E-state index in [1.807, 2.05) is 0 Å². The summed E-state index contributed by atoms with van der Waals surface area (Å²) in [4.78, 5) is 36.5. The van der Waals surface area contributed by atoms with E-state index in [2.05, 4.69) is 0 Å². The van der Waals surface area contributed by atoms with Crippen LogP contribution < -0.4 is 0 Å². The summed E-state index contributed by atoms with van der Waals surface area (Å²) in [5.74, 6) is -3.22. The quantitative estimate of drug-likeness (QED) is 0.436. The third kappa shape index (κ3) is 2.96. The highest BCUT2D eigenvalue weighted by Crippen LogP contribution is 2.72. The van der Waals surface area contributed by atoms with Crippen molar-refractivity contribution in [3.05, 3.63) is 22.8 Å². The number of carbonyl (C=O) groups excluding carboxylic acids is 3. The second-order valence-corrected chi connectivity index (χ2v) is 11.8. The van der Waals surface area contributed by atoms with Gasteiger partial charge in [-0.15, -0.1) is 11.6 Å². The zero-order chi connectivity index (χ0) is 25.4. The van der Waals surface area contributed by atoms with Gasteiger partial charge in [0.1, 0.15) is 12.8 Å². The number of aliphatic hydroxyl groups excluding tert-OH is 2. The average Bonchev–Trinajstić information content (AvgIpc) is 2.99. The molecule has 3 fully saturated rings. The molecular weight excluding hydrogens is 486 g/mol. The Morgan fingerprint density at radius 1 is 1.26 bits per heavy atom. The molecule has 0 aromatic heterocycles. The first-order chi connectivity index (χ1) is 15.7. The lowest BCUT2D eigenvalue weighted by Gasteiger charge is -2.64. The predicted molar refractivity (Wildman–Crippen MR) is 124 cm³/mol. The highest BCUT2D eigenvalue weighted by atomic mass is 35.5. The molecule has 4 aliphatic carbocycles. The maximum atomic E-state index is 15.7. The van der Waals surface area contributed by atoms with Crippen molar-refractivity contribution in [2.45, 2.75) is 76.1 Å². The van der Waals surface area contributed by atoms with Crippen LogP contribution in [-0.4, -0.2) is 57.1 Å². The molecular formula is C25H31Cl2FO6. The Hall–Kier alpha value is -1.28. The Morgan fingerprint density at radius 3 is 2.50 bits per heavy atom. The molecule has 0 aromatic rings. The summed E-state index contributed by atoms with van der Waals surface area (Å²) >= 11 is 13.5. The van der Waals surface area contributed by atoms with Crippen molar-refractivity contribution in [2.24, 2.45) is 28.6 Å². The number of ketones is 2. The number of rotatable bonds is 4. The summed E-state index contributed by atoms with van der Waals surface area (Å²) in [6, 6.07) is 0. The van der Waals surface area contributed by atoms with Crippen LogP contribution in [-0.2, 0) is 19.1 Å². The van der Waals surface area contributed by atoms with Crippen molar-refractivity contribution in [2.75, 3.05) is 6.61 Å². The van der Waals surface area contributed by atoms with Gasteiger partial charge in [-0.3, -0.25) is 14.4 Å². The standard InChI is InChI=1S/C25H31Cl2FO6/c1-5-21(33)34-25(20(32)11-29)12(2)6-13-14-7-17(28)15-8-18(30)16(26)9-22(15,3)24(14,27)19(31)10-23(13,25)4/h8-9,12-14,17,19,29,31H,5-7,10-11H2,1-4H3/t12-,13+,14+,17+,19+,22+,23+,24+,25-/m1/s1. The SMILES string of the molecule is CCC(=O)O[C@@]1(C(=O)CO)[C@H](C)C[C@H]2[C@@H]3C[C@H](F)C4=CC(=O)C(Cl)=C[C@]4(C)[C@@]3(Cl)[C@@H](O)C[C@@]21C. The van der Waals surface area contributed by atoms with Crippen LogP contribution in [0.4, 0.5) is 4.39 Å². The fourth-order valence-corrected chi connectivity index (χ4v) is 8.57. The van der Waals surface area contributed by atoms with E-state index in [9.17, 15) is 24.6 Å². The molecule has 0 bridgehead atoms. The summed E-state index contributed by atoms with van der Waals surface area (Å²) in [6.07, 6.45) is 0.256. The van der Waals surface area contributed by atoms with Gasteiger partial charge in [0.25, 0.3) is 0 Å². The molecule has 9 atom stereocenters. The number of esters is 1. The summed E-state index contributed by atoms with van der Waals surface area (Å²) in [5, 5.41) is 21.4. The number of halogens is 3. The van der Waals surface area contributed by atoms with Crippen molar-refractivity contribution in [1.82, 2.24) is 0 Å². The van der Waals surface area contributed by atoms with Crippen molar-refractivity contribution < 1.29 is 33.7 Å². The van der Waals surface area contributed by atoms with Crippen molar-refractivity contribution >= 4 is 40.7 Å². The number of ether oxygens (including phenoxy) is 1. The van der Waals surface area contributed by atoms with Crippen molar-refractivity contribution in [1.29, 1.82) is 0 Å². The van der Waals surface area contributed by atoms with Gasteiger partial charge in [0.05, 0.1) is 16.0 Å². The van der Waals surface area contributed by atoms with Crippen molar-refractivity contribution in [3.8, 4) is 0 Å². The molecule has 0 saturated heterocycles. The zero-order valence-corrected chi connectivity index (χ0v) is 21.3. The van der Waals surface area contributed by atoms with E-state index in [0.717, 1.165) is 0 Å². The molecule has 3 saturated carbocycles. The molecule has 0 heterocycles. The zero-order valence-electron chi connectivity index (χ0n) is 19.7. The van der Waals surface area contributed by atoms with Crippen LogP contribution in [0.25, 0.3) is 0 Å². The number of Topliss-reactive ketones (excluding diaryl/α,β-unsaturated/α-hetero) is 1. The molecule has 2 N–H and O–H groups in total. The topological polar surface area (TPSA) is 101 Å². The van der Waals surface area contributed by atoms with E-state index in [0.29, 0.717) is 6.42 Å². The van der Waals surface area contributed by atoms with Crippen LogP contribution in [0.1, 0.15) is 53.4 Å². The van der Waals surface area contributed by atoms with Gasteiger partial charge in [-0.1, -0.05) is 39.3 Å². The average molecular weight is 517 g/mol. The Balaban J connectivity index is 1.90. The lowest BCUT2D eigenvalue weighted by molar-refractivity contribution is -0.203. The van der Waals surface area contributed by atoms with Gasteiger partial charge in [0, 0.05) is 23.2 Å². The van der Waals surface area contributed by atoms with Gasteiger partial charge < -0.3 is 14.9 Å². The first-order valence-electron chi connectivity index (χ1n) is 11.8. The third-order valence-corrected chi connectivity index (χ3v) is 10.6. The molecule has 4 aliphatic rings. The predicted octanol–water partition coefficient (Wildman–Crippen LogP) is 3.64. The van der Waals surface area contributed by atoms with E-state index in [1.54, 1.807) is 27.7 Å². The second kappa shape index (κ2) is 8.12. The largest absolute Gasteiger partial charge is 0.450 e. The molecule has 4 rings (SSSR count). The van der Waals surface area contributed by atoms with Gasteiger partial charge in [-0.25, -0.2) is 4.39 Å². The Labute approximate surface area is 208 Å². The molecule has 0 aromatic carbocycles. The number of alkyl halides is 2. The number of hydrogen-bond donors (Lipinski definition) is 2. The Kier molecular flexibility index (Phi) is 6.16. The second-order valence-electron chi connectivity index (χ2n) is 10.8. The molecule has 0 unspecified atom stereocenters. The van der Waals surface area contributed by atoms with Gasteiger partial charge in [-0.2, -0.15) is 0 Å².